The third kappa shape index (κ3) is 4.52. The maximum atomic E-state index is 13.6. The predicted molar refractivity (Wildman–Crippen MR) is 81.3 cm³/mol. The Labute approximate surface area is 135 Å². The Morgan fingerprint density at radius 3 is 2.83 bits per heavy atom. The zero-order chi connectivity index (χ0) is 17.0. The lowest BCUT2D eigenvalue weighted by Crippen LogP contribution is -2.28. The summed E-state index contributed by atoms with van der Waals surface area (Å²) in [7, 11) is 0. The molecule has 0 spiro atoms. The van der Waals surface area contributed by atoms with Crippen LogP contribution in [0.4, 0.5) is 8.78 Å². The average molecular weight is 340 g/mol. The number of halogens is 2. The van der Waals surface area contributed by atoms with E-state index in [4.69, 9.17) is 12.2 Å². The molecule has 0 aliphatic heterocycles. The minimum absolute atomic E-state index is 0.00610. The van der Waals surface area contributed by atoms with Crippen molar-refractivity contribution in [2.75, 3.05) is 0 Å². The van der Waals surface area contributed by atoms with Gasteiger partial charge in [-0.05, 0) is 25.2 Å². The van der Waals surface area contributed by atoms with Crippen molar-refractivity contribution >= 4 is 18.1 Å². The van der Waals surface area contributed by atoms with Crippen LogP contribution in [0, 0.1) is 16.4 Å². The number of aromatic nitrogens is 3. The number of amides is 1. The molecule has 2 rings (SSSR count). The average Bonchev–Trinajstić information content (AvgIpc) is 2.46. The first-order chi connectivity index (χ1) is 10.9. The molecule has 0 aliphatic rings. The fraction of sp³-hybridized carbons (Fsp3) is 0.286. The Bertz CT molecular complexity index is 834. The van der Waals surface area contributed by atoms with E-state index in [1.54, 1.807) is 6.92 Å². The highest BCUT2D eigenvalue weighted by Crippen LogP contribution is 2.17. The number of hydrogen-bond donors (Lipinski definition) is 3. The molecule has 2 aromatic rings. The van der Waals surface area contributed by atoms with Gasteiger partial charge in [0.05, 0.1) is 6.04 Å². The quantitative estimate of drug-likeness (QED) is 0.725. The fourth-order valence-corrected chi connectivity index (χ4v) is 2.16. The van der Waals surface area contributed by atoms with Crippen LogP contribution in [0.1, 0.15) is 30.6 Å². The summed E-state index contributed by atoms with van der Waals surface area (Å²) in [6, 6.07) is 2.53. The number of aromatic amines is 2. The molecule has 0 saturated carbocycles. The Morgan fingerprint density at radius 1 is 1.43 bits per heavy atom. The second kappa shape index (κ2) is 7.23. The zero-order valence-corrected chi connectivity index (χ0v) is 13.0. The summed E-state index contributed by atoms with van der Waals surface area (Å²) in [5.74, 6) is -1.80. The molecular formula is C14H14F2N4O2S. The van der Waals surface area contributed by atoms with E-state index < -0.39 is 23.2 Å². The highest BCUT2D eigenvalue weighted by atomic mass is 32.1. The van der Waals surface area contributed by atoms with Crippen LogP contribution in [-0.2, 0) is 11.2 Å². The zero-order valence-electron chi connectivity index (χ0n) is 12.2. The van der Waals surface area contributed by atoms with Crippen LogP contribution in [0.2, 0.25) is 0 Å². The first-order valence-corrected chi connectivity index (χ1v) is 7.20. The van der Waals surface area contributed by atoms with Gasteiger partial charge in [0.2, 0.25) is 5.91 Å². The number of benzene rings is 1. The largest absolute Gasteiger partial charge is 0.349 e. The van der Waals surface area contributed by atoms with Crippen LogP contribution in [0.15, 0.2) is 23.0 Å². The van der Waals surface area contributed by atoms with E-state index in [2.05, 4.69) is 20.5 Å². The van der Waals surface area contributed by atoms with Crippen molar-refractivity contribution in [1.82, 2.24) is 20.5 Å². The Kier molecular flexibility index (Phi) is 5.32. The topological polar surface area (TPSA) is 90.6 Å². The smallest absolute Gasteiger partial charge is 0.273 e. The number of nitrogens with zero attached hydrogens (tertiary/aromatic N) is 1. The highest BCUT2D eigenvalue weighted by Gasteiger charge is 2.15. The van der Waals surface area contributed by atoms with Crippen LogP contribution in [0.5, 0.6) is 0 Å². The summed E-state index contributed by atoms with van der Waals surface area (Å²) in [5, 5.41) is 8.78. The fourth-order valence-electron chi connectivity index (χ4n) is 2.02. The van der Waals surface area contributed by atoms with Crippen molar-refractivity contribution < 1.29 is 13.6 Å². The van der Waals surface area contributed by atoms with Crippen LogP contribution < -0.4 is 10.9 Å². The van der Waals surface area contributed by atoms with Gasteiger partial charge >= 0.3 is 0 Å². The third-order valence-corrected chi connectivity index (χ3v) is 3.37. The summed E-state index contributed by atoms with van der Waals surface area (Å²) >= 11 is 4.71. The van der Waals surface area contributed by atoms with E-state index in [0.717, 1.165) is 12.1 Å². The van der Waals surface area contributed by atoms with E-state index in [1.807, 2.05) is 0 Å². The molecule has 0 saturated heterocycles. The standard InChI is InChI=1S/C14H14F2N4O2S/c1-7(9-3-2-8(15)6-10(9)16)17-12(21)5-4-11-13(22)18-14(23)20-19-11/h2-3,6-7H,4-5H2,1H3,(H,17,21)(H2,18,20,22,23)/t7-/m0/s1. The molecule has 0 aliphatic carbocycles. The summed E-state index contributed by atoms with van der Waals surface area (Å²) in [5.41, 5.74) is -0.131. The van der Waals surface area contributed by atoms with Gasteiger partial charge in [0.1, 0.15) is 17.3 Å². The van der Waals surface area contributed by atoms with Gasteiger partial charge in [-0.2, -0.15) is 5.10 Å². The molecule has 0 bridgehead atoms. The molecule has 3 N–H and O–H groups in total. The minimum Gasteiger partial charge on any atom is -0.349 e. The third-order valence-electron chi connectivity index (χ3n) is 3.18. The monoisotopic (exact) mass is 340 g/mol. The second-order valence-electron chi connectivity index (χ2n) is 4.91. The van der Waals surface area contributed by atoms with Crippen molar-refractivity contribution in [3.8, 4) is 0 Å². The molecule has 122 valence electrons. The number of H-pyrrole nitrogens is 2. The van der Waals surface area contributed by atoms with E-state index in [0.29, 0.717) is 0 Å². The van der Waals surface area contributed by atoms with Gasteiger partial charge in [0.25, 0.3) is 5.56 Å². The number of rotatable bonds is 5. The molecule has 0 radical (unpaired) electrons. The van der Waals surface area contributed by atoms with Gasteiger partial charge in [-0.1, -0.05) is 6.07 Å². The van der Waals surface area contributed by atoms with Crippen molar-refractivity contribution in [3.05, 3.63) is 56.2 Å². The molecule has 9 heteroatoms. The first kappa shape index (κ1) is 16.9. The molecule has 1 heterocycles. The lowest BCUT2D eigenvalue weighted by Gasteiger charge is -2.15. The van der Waals surface area contributed by atoms with Crippen molar-refractivity contribution in [2.45, 2.75) is 25.8 Å². The maximum absolute atomic E-state index is 13.6. The van der Waals surface area contributed by atoms with E-state index in [9.17, 15) is 18.4 Å². The molecule has 1 atom stereocenters. The van der Waals surface area contributed by atoms with Gasteiger partial charge in [0, 0.05) is 24.5 Å². The molecular weight excluding hydrogens is 326 g/mol. The molecule has 1 amide bonds. The molecule has 0 unspecified atom stereocenters. The summed E-state index contributed by atoms with van der Waals surface area (Å²) < 4.78 is 26.6. The molecule has 1 aromatic carbocycles. The normalized spacial score (nSPS) is 12.0. The molecule has 0 fully saturated rings. The summed E-state index contributed by atoms with van der Waals surface area (Å²) in [6.07, 6.45) is 0.0970. The first-order valence-electron chi connectivity index (χ1n) is 6.79. The van der Waals surface area contributed by atoms with Crippen molar-refractivity contribution in [1.29, 1.82) is 0 Å². The van der Waals surface area contributed by atoms with Crippen LogP contribution in [-0.4, -0.2) is 21.1 Å². The van der Waals surface area contributed by atoms with Gasteiger partial charge in [0.15, 0.2) is 4.77 Å². The van der Waals surface area contributed by atoms with Crippen molar-refractivity contribution in [3.63, 3.8) is 0 Å². The van der Waals surface area contributed by atoms with Crippen LogP contribution in [0.25, 0.3) is 0 Å². The van der Waals surface area contributed by atoms with Crippen LogP contribution in [0.3, 0.4) is 0 Å². The van der Waals surface area contributed by atoms with E-state index in [1.165, 1.54) is 6.07 Å². The predicted octanol–water partition coefficient (Wildman–Crippen LogP) is 1.92. The Morgan fingerprint density at radius 2 is 2.17 bits per heavy atom. The lowest BCUT2D eigenvalue weighted by atomic mass is 10.1. The summed E-state index contributed by atoms with van der Waals surface area (Å²) in [6.45, 7) is 1.58. The second-order valence-corrected chi connectivity index (χ2v) is 5.32. The Hall–Kier alpha value is -2.42. The van der Waals surface area contributed by atoms with E-state index >= 15 is 0 Å². The number of carbonyl (C=O) groups is 1. The number of nitrogens with one attached hydrogen (secondary N) is 3. The van der Waals surface area contributed by atoms with Crippen molar-refractivity contribution in [2.24, 2.45) is 0 Å². The lowest BCUT2D eigenvalue weighted by molar-refractivity contribution is -0.121. The minimum atomic E-state index is -0.730. The summed E-state index contributed by atoms with van der Waals surface area (Å²) in [4.78, 5) is 25.8. The molecule has 6 nitrogen and oxygen atoms in total. The van der Waals surface area contributed by atoms with Gasteiger partial charge in [-0.15, -0.1) is 0 Å². The number of carbonyl (C=O) groups excluding carboxylic acids is 1. The number of aryl methyl sites for hydroxylation is 1. The number of hydrogen-bond acceptors (Lipinski definition) is 4. The van der Waals surface area contributed by atoms with Crippen LogP contribution >= 0.6 is 12.2 Å². The molecule has 1 aromatic heterocycles. The van der Waals surface area contributed by atoms with Gasteiger partial charge in [-0.25, -0.2) is 8.78 Å². The van der Waals surface area contributed by atoms with E-state index in [-0.39, 0.29) is 34.8 Å². The Balaban J connectivity index is 1.96. The van der Waals surface area contributed by atoms with Gasteiger partial charge < -0.3 is 5.32 Å². The molecule has 23 heavy (non-hydrogen) atoms. The van der Waals surface area contributed by atoms with Gasteiger partial charge in [-0.3, -0.25) is 19.7 Å². The SMILES string of the molecule is C[C@H](NC(=O)CCc1n[nH]c(=S)[nH]c1=O)c1ccc(F)cc1F. The highest BCUT2D eigenvalue weighted by molar-refractivity contribution is 7.71. The maximum Gasteiger partial charge on any atom is 0.273 e.